The lowest BCUT2D eigenvalue weighted by Gasteiger charge is -2.14. The third-order valence-electron chi connectivity index (χ3n) is 2.69. The summed E-state index contributed by atoms with van der Waals surface area (Å²) in [4.78, 5) is 13.6. The first kappa shape index (κ1) is 14.1. The number of nitrogens with one attached hydrogen (secondary N) is 1. The Balaban J connectivity index is 2.08. The van der Waals surface area contributed by atoms with E-state index in [0.29, 0.717) is 6.42 Å². The Morgan fingerprint density at radius 3 is 2.70 bits per heavy atom. The van der Waals surface area contributed by atoms with E-state index in [1.54, 1.807) is 7.05 Å². The van der Waals surface area contributed by atoms with E-state index >= 15 is 0 Å². The maximum Gasteiger partial charge on any atom is 0.270 e. The van der Waals surface area contributed by atoms with Gasteiger partial charge in [0.15, 0.2) is 0 Å². The number of amides is 1. The summed E-state index contributed by atoms with van der Waals surface area (Å²) in [7, 11) is 1.61. The summed E-state index contributed by atoms with van der Waals surface area (Å²) < 4.78 is 0. The maximum atomic E-state index is 12.2. The zero-order chi connectivity index (χ0) is 14.5. The number of hydrogen-bond acceptors (Lipinski definition) is 5. The topological polar surface area (TPSA) is 98.7 Å². The predicted octanol–water partition coefficient (Wildman–Crippen LogP) is 0.294. The van der Waals surface area contributed by atoms with Crippen LogP contribution in [0.15, 0.2) is 30.3 Å². The van der Waals surface area contributed by atoms with Gasteiger partial charge in [0.05, 0.1) is 18.0 Å². The van der Waals surface area contributed by atoms with E-state index in [9.17, 15) is 4.79 Å². The highest BCUT2D eigenvalue weighted by Gasteiger charge is 2.23. The molecule has 0 aliphatic carbocycles. The van der Waals surface area contributed by atoms with Crippen molar-refractivity contribution >= 4 is 29.1 Å². The number of tetrazole rings is 1. The van der Waals surface area contributed by atoms with Gasteiger partial charge in [-0.1, -0.05) is 47.6 Å². The Morgan fingerprint density at radius 1 is 1.45 bits per heavy atom. The molecule has 2 rings (SSSR count). The molecular weight excluding hydrogens is 276 g/mol. The molecule has 8 heteroatoms. The smallest absolute Gasteiger partial charge is 0.270 e. The lowest BCUT2D eigenvalue weighted by Crippen LogP contribution is -2.35. The van der Waals surface area contributed by atoms with Gasteiger partial charge in [0.25, 0.3) is 5.95 Å². The van der Waals surface area contributed by atoms with E-state index < -0.39 is 5.92 Å². The molecule has 0 radical (unpaired) electrons. The van der Waals surface area contributed by atoms with Gasteiger partial charge in [-0.3, -0.25) is 10.1 Å². The molecule has 0 spiro atoms. The highest BCUT2D eigenvalue weighted by Crippen LogP contribution is 2.11. The summed E-state index contributed by atoms with van der Waals surface area (Å²) in [5.41, 5.74) is 6.63. The molecule has 1 atom stereocenters. The monoisotopic (exact) mass is 290 g/mol. The van der Waals surface area contributed by atoms with Crippen LogP contribution in [0.3, 0.4) is 0 Å². The lowest BCUT2D eigenvalue weighted by atomic mass is 9.98. The molecule has 1 heterocycles. The Hall–Kier alpha value is -2.35. The fourth-order valence-electron chi connectivity index (χ4n) is 1.70. The molecule has 0 fully saturated rings. The third kappa shape index (κ3) is 3.58. The first-order chi connectivity index (χ1) is 9.56. The van der Waals surface area contributed by atoms with Crippen molar-refractivity contribution < 1.29 is 4.79 Å². The second-order valence-corrected chi connectivity index (χ2v) is 4.71. The van der Waals surface area contributed by atoms with Crippen molar-refractivity contribution in [2.75, 3.05) is 5.32 Å². The van der Waals surface area contributed by atoms with Crippen LogP contribution in [0.2, 0.25) is 0 Å². The highest BCUT2D eigenvalue weighted by molar-refractivity contribution is 7.80. The number of nitrogens with zero attached hydrogens (tertiary/aromatic N) is 4. The Labute approximate surface area is 121 Å². The van der Waals surface area contributed by atoms with Crippen LogP contribution < -0.4 is 11.1 Å². The van der Waals surface area contributed by atoms with Crippen LogP contribution >= 0.6 is 12.2 Å². The van der Waals surface area contributed by atoms with Gasteiger partial charge in [0.1, 0.15) is 0 Å². The largest absolute Gasteiger partial charge is 0.393 e. The Morgan fingerprint density at radius 2 is 2.15 bits per heavy atom. The summed E-state index contributed by atoms with van der Waals surface area (Å²) in [6, 6.07) is 9.53. The first-order valence-corrected chi connectivity index (χ1v) is 6.35. The van der Waals surface area contributed by atoms with Crippen LogP contribution in [-0.4, -0.2) is 31.1 Å². The fraction of sp³-hybridized carbons (Fsp3) is 0.250. The Kier molecular flexibility index (Phi) is 4.36. The van der Waals surface area contributed by atoms with Gasteiger partial charge in [-0.05, 0) is 17.2 Å². The number of carbonyl (C=O) groups excluding carboxylic acids is 1. The first-order valence-electron chi connectivity index (χ1n) is 5.94. The van der Waals surface area contributed by atoms with Crippen LogP contribution in [0.1, 0.15) is 5.56 Å². The number of aryl methyl sites for hydroxylation is 1. The summed E-state index contributed by atoms with van der Waals surface area (Å²) in [5, 5.41) is 13.8. The molecule has 0 aliphatic rings. The molecule has 1 amide bonds. The van der Waals surface area contributed by atoms with Crippen molar-refractivity contribution in [1.29, 1.82) is 0 Å². The molecule has 104 valence electrons. The molecular formula is C12H14N6OS. The number of rotatable bonds is 5. The molecule has 1 unspecified atom stereocenters. The number of thiocarbonyl (C=S) groups is 1. The quantitative estimate of drug-likeness (QED) is 0.768. The van der Waals surface area contributed by atoms with Crippen molar-refractivity contribution in [2.45, 2.75) is 6.42 Å². The average Bonchev–Trinajstić information content (AvgIpc) is 2.82. The lowest BCUT2D eigenvalue weighted by molar-refractivity contribution is -0.118. The number of hydrogen-bond donors (Lipinski definition) is 2. The maximum absolute atomic E-state index is 12.2. The van der Waals surface area contributed by atoms with Crippen molar-refractivity contribution in [3.8, 4) is 0 Å². The SMILES string of the molecule is Cn1nnc(NC(=O)C(Cc2ccccc2)C(N)=S)n1. The van der Waals surface area contributed by atoms with E-state index in [2.05, 4.69) is 20.7 Å². The van der Waals surface area contributed by atoms with Gasteiger partial charge >= 0.3 is 0 Å². The summed E-state index contributed by atoms with van der Waals surface area (Å²) in [6.45, 7) is 0. The van der Waals surface area contributed by atoms with Gasteiger partial charge in [-0.15, -0.1) is 5.10 Å². The molecule has 2 aromatic rings. The fourth-order valence-corrected chi connectivity index (χ4v) is 1.89. The standard InChI is InChI=1S/C12H14N6OS/c1-18-16-12(15-17-18)14-11(19)9(10(13)20)7-8-5-3-2-4-6-8/h2-6,9H,7H2,1H3,(H2,13,20)(H,14,16,19). The van der Waals surface area contributed by atoms with Gasteiger partial charge in [0, 0.05) is 0 Å². The molecule has 1 aromatic heterocycles. The summed E-state index contributed by atoms with van der Waals surface area (Å²) in [6.07, 6.45) is 0.433. The minimum Gasteiger partial charge on any atom is -0.393 e. The summed E-state index contributed by atoms with van der Waals surface area (Å²) >= 11 is 4.97. The zero-order valence-corrected chi connectivity index (χ0v) is 11.7. The van der Waals surface area contributed by atoms with Crippen molar-refractivity contribution in [3.05, 3.63) is 35.9 Å². The van der Waals surface area contributed by atoms with E-state index in [1.807, 2.05) is 30.3 Å². The number of benzene rings is 1. The third-order valence-corrected chi connectivity index (χ3v) is 2.97. The van der Waals surface area contributed by atoms with Crippen LogP contribution in [0, 0.1) is 5.92 Å². The molecule has 1 aromatic carbocycles. The Bertz CT molecular complexity index is 611. The minimum absolute atomic E-state index is 0.131. The van der Waals surface area contributed by atoms with Crippen molar-refractivity contribution in [3.63, 3.8) is 0 Å². The van der Waals surface area contributed by atoms with Gasteiger partial charge < -0.3 is 5.73 Å². The van der Waals surface area contributed by atoms with Gasteiger partial charge in [-0.25, -0.2) is 0 Å². The highest BCUT2D eigenvalue weighted by atomic mass is 32.1. The molecule has 0 saturated heterocycles. The number of carbonyl (C=O) groups is 1. The molecule has 7 nitrogen and oxygen atoms in total. The molecule has 0 aliphatic heterocycles. The number of anilines is 1. The molecule has 20 heavy (non-hydrogen) atoms. The van der Waals surface area contributed by atoms with E-state index in [4.69, 9.17) is 18.0 Å². The van der Waals surface area contributed by atoms with Crippen LogP contribution in [0.25, 0.3) is 0 Å². The number of nitrogens with two attached hydrogens (primary N) is 1. The van der Waals surface area contributed by atoms with E-state index in [-0.39, 0.29) is 16.8 Å². The molecule has 3 N–H and O–H groups in total. The molecule has 0 bridgehead atoms. The van der Waals surface area contributed by atoms with Crippen LogP contribution in [0.5, 0.6) is 0 Å². The average molecular weight is 290 g/mol. The summed E-state index contributed by atoms with van der Waals surface area (Å²) in [5.74, 6) is -0.822. The van der Waals surface area contributed by atoms with Crippen molar-refractivity contribution in [2.24, 2.45) is 18.7 Å². The van der Waals surface area contributed by atoms with Crippen LogP contribution in [-0.2, 0) is 18.3 Å². The van der Waals surface area contributed by atoms with Gasteiger partial charge in [-0.2, -0.15) is 4.80 Å². The second-order valence-electron chi connectivity index (χ2n) is 4.24. The number of aromatic nitrogens is 4. The molecule has 0 saturated carbocycles. The second kappa shape index (κ2) is 6.20. The predicted molar refractivity (Wildman–Crippen MR) is 77.8 cm³/mol. The van der Waals surface area contributed by atoms with Gasteiger partial charge in [0.2, 0.25) is 5.91 Å². The van der Waals surface area contributed by atoms with E-state index in [0.717, 1.165) is 5.56 Å². The van der Waals surface area contributed by atoms with Crippen molar-refractivity contribution in [1.82, 2.24) is 20.2 Å². The van der Waals surface area contributed by atoms with Crippen LogP contribution in [0.4, 0.5) is 5.95 Å². The zero-order valence-electron chi connectivity index (χ0n) is 10.9. The normalized spacial score (nSPS) is 11.8. The minimum atomic E-state index is -0.615. The van der Waals surface area contributed by atoms with E-state index in [1.165, 1.54) is 4.80 Å².